The summed E-state index contributed by atoms with van der Waals surface area (Å²) in [6.45, 7) is 3.50. The Morgan fingerprint density at radius 2 is 2.11 bits per heavy atom. The average molecular weight is 315 g/mol. The maximum atomic E-state index is 11.6. The summed E-state index contributed by atoms with van der Waals surface area (Å²) in [4.78, 5) is 22.2. The lowest BCUT2D eigenvalue weighted by Crippen LogP contribution is -2.34. The number of anilines is 1. The van der Waals surface area contributed by atoms with Crippen LogP contribution in [0.15, 0.2) is 22.7 Å². The van der Waals surface area contributed by atoms with E-state index in [1.54, 1.807) is 6.07 Å². The first-order valence-corrected chi connectivity index (χ1v) is 6.23. The largest absolute Gasteiger partial charge is 0.481 e. The van der Waals surface area contributed by atoms with Gasteiger partial charge in [-0.25, -0.2) is 4.79 Å². The molecular weight excluding hydrogens is 300 g/mol. The average Bonchev–Trinajstić information content (AvgIpc) is 2.30. The minimum absolute atomic E-state index is 0.0915. The zero-order chi connectivity index (χ0) is 13.7. The number of aryl methyl sites for hydroxylation is 1. The lowest BCUT2D eigenvalue weighted by molar-refractivity contribution is -0.140. The molecule has 0 aliphatic carbocycles. The number of carbonyl (C=O) groups is 2. The topological polar surface area (TPSA) is 78.4 Å². The molecule has 0 aromatic heterocycles. The number of carbonyl (C=O) groups excluding carboxylic acids is 1. The van der Waals surface area contributed by atoms with Crippen LogP contribution in [-0.4, -0.2) is 23.7 Å². The van der Waals surface area contributed by atoms with Gasteiger partial charge in [0.25, 0.3) is 0 Å². The standard InChI is InChI=1S/C12H15BrN2O3/c1-7-3-4-9(13)5-10(7)15-12(18)14-6-8(2)11(16)17/h3-5,8H,6H2,1-2H3,(H,16,17)(H2,14,15,18). The molecule has 0 bridgehead atoms. The molecule has 1 aromatic rings. The van der Waals surface area contributed by atoms with Crippen LogP contribution in [0.25, 0.3) is 0 Å². The summed E-state index contributed by atoms with van der Waals surface area (Å²) in [5.41, 5.74) is 1.62. The molecule has 0 fully saturated rings. The summed E-state index contributed by atoms with van der Waals surface area (Å²) in [6.07, 6.45) is 0. The van der Waals surface area contributed by atoms with Crippen molar-refractivity contribution in [2.24, 2.45) is 5.92 Å². The van der Waals surface area contributed by atoms with Crippen LogP contribution in [0.2, 0.25) is 0 Å². The Kier molecular flexibility index (Phi) is 5.15. The van der Waals surface area contributed by atoms with Gasteiger partial charge in [-0.1, -0.05) is 28.9 Å². The predicted octanol–water partition coefficient (Wildman–Crippen LogP) is 2.60. The van der Waals surface area contributed by atoms with Crippen LogP contribution in [0.4, 0.5) is 10.5 Å². The quantitative estimate of drug-likeness (QED) is 0.799. The molecule has 0 aliphatic heterocycles. The van der Waals surface area contributed by atoms with Crippen molar-refractivity contribution in [3.05, 3.63) is 28.2 Å². The molecule has 2 amide bonds. The molecule has 1 atom stereocenters. The van der Waals surface area contributed by atoms with Gasteiger partial charge in [0.05, 0.1) is 5.92 Å². The number of aliphatic carboxylic acids is 1. The molecule has 0 spiro atoms. The predicted molar refractivity (Wildman–Crippen MR) is 72.7 cm³/mol. The fourth-order valence-electron chi connectivity index (χ4n) is 1.23. The maximum absolute atomic E-state index is 11.6. The summed E-state index contributed by atoms with van der Waals surface area (Å²) in [5, 5.41) is 13.9. The minimum Gasteiger partial charge on any atom is -0.481 e. The molecule has 0 saturated carbocycles. The highest BCUT2D eigenvalue weighted by molar-refractivity contribution is 9.10. The molecule has 0 saturated heterocycles. The molecule has 1 aromatic carbocycles. The molecular formula is C12H15BrN2O3. The Balaban J connectivity index is 2.54. The van der Waals surface area contributed by atoms with E-state index in [-0.39, 0.29) is 6.54 Å². The Labute approximate surface area is 114 Å². The zero-order valence-corrected chi connectivity index (χ0v) is 11.7. The minimum atomic E-state index is -0.936. The number of hydrogen-bond acceptors (Lipinski definition) is 2. The van der Waals surface area contributed by atoms with E-state index in [1.807, 2.05) is 19.1 Å². The van der Waals surface area contributed by atoms with Crippen LogP contribution in [0.5, 0.6) is 0 Å². The van der Waals surface area contributed by atoms with Crippen molar-refractivity contribution in [2.75, 3.05) is 11.9 Å². The van der Waals surface area contributed by atoms with Gasteiger partial charge >= 0.3 is 12.0 Å². The van der Waals surface area contributed by atoms with Crippen molar-refractivity contribution >= 4 is 33.6 Å². The van der Waals surface area contributed by atoms with Gasteiger partial charge in [0.1, 0.15) is 0 Å². The zero-order valence-electron chi connectivity index (χ0n) is 10.2. The van der Waals surface area contributed by atoms with Crippen molar-refractivity contribution in [1.29, 1.82) is 0 Å². The first-order valence-electron chi connectivity index (χ1n) is 5.44. The Morgan fingerprint density at radius 1 is 1.44 bits per heavy atom. The van der Waals surface area contributed by atoms with Crippen molar-refractivity contribution < 1.29 is 14.7 Å². The van der Waals surface area contributed by atoms with E-state index in [0.29, 0.717) is 5.69 Å². The number of hydrogen-bond donors (Lipinski definition) is 3. The second-order valence-electron chi connectivity index (χ2n) is 4.03. The van der Waals surface area contributed by atoms with Gasteiger partial charge in [-0.05, 0) is 24.6 Å². The molecule has 1 rings (SSSR count). The number of benzene rings is 1. The number of amides is 2. The normalized spacial score (nSPS) is 11.7. The summed E-state index contributed by atoms with van der Waals surface area (Å²) in [7, 11) is 0. The van der Waals surface area contributed by atoms with E-state index in [1.165, 1.54) is 6.92 Å². The van der Waals surface area contributed by atoms with Crippen molar-refractivity contribution in [1.82, 2.24) is 5.32 Å². The fourth-order valence-corrected chi connectivity index (χ4v) is 1.59. The molecule has 1 unspecified atom stereocenters. The van der Waals surface area contributed by atoms with Crippen molar-refractivity contribution in [3.63, 3.8) is 0 Å². The van der Waals surface area contributed by atoms with Crippen molar-refractivity contribution in [2.45, 2.75) is 13.8 Å². The summed E-state index contributed by atoms with van der Waals surface area (Å²) in [5.74, 6) is -1.55. The maximum Gasteiger partial charge on any atom is 0.319 e. The van der Waals surface area contributed by atoms with Crippen LogP contribution in [0.1, 0.15) is 12.5 Å². The molecule has 0 aliphatic rings. The lowest BCUT2D eigenvalue weighted by Gasteiger charge is -2.11. The third-order valence-electron chi connectivity index (χ3n) is 2.44. The number of halogens is 1. The Morgan fingerprint density at radius 3 is 2.72 bits per heavy atom. The van der Waals surface area contributed by atoms with Gasteiger partial charge in [0.2, 0.25) is 0 Å². The number of carboxylic acids is 1. The van der Waals surface area contributed by atoms with E-state index in [4.69, 9.17) is 5.11 Å². The smallest absolute Gasteiger partial charge is 0.319 e. The third kappa shape index (κ3) is 4.37. The molecule has 3 N–H and O–H groups in total. The Hall–Kier alpha value is -1.56. The van der Waals surface area contributed by atoms with Crippen molar-refractivity contribution in [3.8, 4) is 0 Å². The van der Waals surface area contributed by atoms with E-state index < -0.39 is 17.9 Å². The van der Waals surface area contributed by atoms with E-state index >= 15 is 0 Å². The van der Waals surface area contributed by atoms with Crippen LogP contribution < -0.4 is 10.6 Å². The first-order chi connectivity index (χ1) is 8.40. The Bertz CT molecular complexity index is 463. The lowest BCUT2D eigenvalue weighted by atomic mass is 10.2. The highest BCUT2D eigenvalue weighted by Gasteiger charge is 2.12. The van der Waals surface area contributed by atoms with Gasteiger partial charge < -0.3 is 15.7 Å². The molecule has 5 nitrogen and oxygen atoms in total. The molecule has 18 heavy (non-hydrogen) atoms. The van der Waals surface area contributed by atoms with E-state index in [2.05, 4.69) is 26.6 Å². The van der Waals surface area contributed by atoms with Crippen LogP contribution in [-0.2, 0) is 4.79 Å². The summed E-state index contributed by atoms with van der Waals surface area (Å²) >= 11 is 3.32. The number of rotatable bonds is 4. The first kappa shape index (κ1) is 14.5. The fraction of sp³-hybridized carbons (Fsp3) is 0.333. The second-order valence-corrected chi connectivity index (χ2v) is 4.95. The monoisotopic (exact) mass is 314 g/mol. The van der Waals surface area contributed by atoms with Crippen LogP contribution >= 0.6 is 15.9 Å². The summed E-state index contributed by atoms with van der Waals surface area (Å²) in [6, 6.07) is 5.13. The highest BCUT2D eigenvalue weighted by atomic mass is 79.9. The molecule has 98 valence electrons. The van der Waals surface area contributed by atoms with E-state index in [9.17, 15) is 9.59 Å². The van der Waals surface area contributed by atoms with Crippen LogP contribution in [0, 0.1) is 12.8 Å². The molecule has 0 radical (unpaired) electrons. The number of urea groups is 1. The third-order valence-corrected chi connectivity index (χ3v) is 2.93. The van der Waals surface area contributed by atoms with Gasteiger partial charge in [0.15, 0.2) is 0 Å². The molecule has 6 heteroatoms. The van der Waals surface area contributed by atoms with Gasteiger partial charge in [-0.2, -0.15) is 0 Å². The number of nitrogens with one attached hydrogen (secondary N) is 2. The summed E-state index contributed by atoms with van der Waals surface area (Å²) < 4.78 is 0.863. The second kappa shape index (κ2) is 6.39. The highest BCUT2D eigenvalue weighted by Crippen LogP contribution is 2.20. The van der Waals surface area contributed by atoms with Crippen LogP contribution in [0.3, 0.4) is 0 Å². The van der Waals surface area contributed by atoms with Gasteiger partial charge in [0, 0.05) is 16.7 Å². The van der Waals surface area contributed by atoms with Gasteiger partial charge in [-0.15, -0.1) is 0 Å². The molecule has 0 heterocycles. The van der Waals surface area contributed by atoms with E-state index in [0.717, 1.165) is 10.0 Å². The SMILES string of the molecule is Cc1ccc(Br)cc1NC(=O)NCC(C)C(=O)O. The van der Waals surface area contributed by atoms with Gasteiger partial charge in [-0.3, -0.25) is 4.79 Å². The number of carboxylic acid groups (broad SMARTS) is 1.